The number of nitrogens with one attached hydrogen (secondary N) is 1. The van der Waals surface area contributed by atoms with Crippen LogP contribution in [0.2, 0.25) is 0 Å². The number of amides is 2. The normalized spacial score (nSPS) is 15.4. The van der Waals surface area contributed by atoms with Gasteiger partial charge in [0.1, 0.15) is 11.4 Å². The first-order valence-electron chi connectivity index (χ1n) is 8.96. The molecule has 0 spiro atoms. The molecule has 1 aromatic carbocycles. The molecule has 1 fully saturated rings. The number of rotatable bonds is 5. The number of nitrogens with zero attached hydrogens (tertiary/aromatic N) is 1. The predicted octanol–water partition coefficient (Wildman–Crippen LogP) is 2.41. The number of hydrogen-bond donors (Lipinski definition) is 2. The summed E-state index contributed by atoms with van der Waals surface area (Å²) in [5, 5.41) is 2.80. The number of nitrogens with two attached hydrogens (primary N) is 1. The lowest BCUT2D eigenvalue weighted by Crippen LogP contribution is -2.43. The molecule has 0 radical (unpaired) electrons. The van der Waals surface area contributed by atoms with Crippen LogP contribution in [0, 0.1) is 5.92 Å². The van der Waals surface area contributed by atoms with Crippen LogP contribution in [-0.4, -0.2) is 48.7 Å². The molecule has 0 bridgehead atoms. The zero-order valence-corrected chi connectivity index (χ0v) is 15.8. The van der Waals surface area contributed by atoms with Crippen LogP contribution < -0.4 is 15.8 Å². The predicted molar refractivity (Wildman–Crippen MR) is 99.9 cm³/mol. The van der Waals surface area contributed by atoms with Gasteiger partial charge in [0.25, 0.3) is 5.91 Å². The first kappa shape index (κ1) is 19.9. The monoisotopic (exact) mass is 363 g/mol. The van der Waals surface area contributed by atoms with Gasteiger partial charge in [0, 0.05) is 31.4 Å². The van der Waals surface area contributed by atoms with Crippen molar-refractivity contribution < 1.29 is 19.1 Å². The molecule has 1 saturated heterocycles. The number of benzene rings is 1. The molecule has 1 heterocycles. The molecule has 7 heteroatoms. The van der Waals surface area contributed by atoms with E-state index in [-0.39, 0.29) is 12.5 Å². The number of ether oxygens (including phenoxy) is 2. The molecular formula is C19H29N3O4. The van der Waals surface area contributed by atoms with Crippen molar-refractivity contribution in [2.75, 3.05) is 32.0 Å². The highest BCUT2D eigenvalue weighted by atomic mass is 16.6. The highest BCUT2D eigenvalue weighted by Crippen LogP contribution is 2.18. The molecule has 0 aromatic heterocycles. The minimum Gasteiger partial charge on any atom is -0.484 e. The molecule has 0 atom stereocenters. The van der Waals surface area contributed by atoms with Gasteiger partial charge in [0.2, 0.25) is 0 Å². The van der Waals surface area contributed by atoms with Gasteiger partial charge in [-0.3, -0.25) is 4.79 Å². The molecule has 26 heavy (non-hydrogen) atoms. The molecule has 0 unspecified atom stereocenters. The standard InChI is InChI=1S/C19H29N3O4/c1-19(2,3)26-18(24)21-12-14-7-9-22(10-8-14)17(23)13-25-16-6-4-5-15(20)11-16/h4-6,11,14H,7-10,12-13,20H2,1-3H3,(H,21,24). The van der Waals surface area contributed by atoms with E-state index in [2.05, 4.69) is 5.32 Å². The fraction of sp³-hybridized carbons (Fsp3) is 0.579. The average Bonchev–Trinajstić information content (AvgIpc) is 2.57. The molecule has 1 aliphatic rings. The fourth-order valence-corrected chi connectivity index (χ4v) is 2.77. The van der Waals surface area contributed by atoms with E-state index in [1.54, 1.807) is 29.2 Å². The molecule has 2 amide bonds. The molecule has 3 N–H and O–H groups in total. The third kappa shape index (κ3) is 6.82. The molecule has 1 aliphatic heterocycles. The number of anilines is 1. The van der Waals surface area contributed by atoms with Crippen LogP contribution >= 0.6 is 0 Å². The van der Waals surface area contributed by atoms with Crippen molar-refractivity contribution in [2.24, 2.45) is 5.92 Å². The summed E-state index contributed by atoms with van der Waals surface area (Å²) < 4.78 is 10.7. The van der Waals surface area contributed by atoms with Crippen molar-refractivity contribution >= 4 is 17.7 Å². The third-order valence-electron chi connectivity index (χ3n) is 4.12. The molecule has 1 aromatic rings. The van der Waals surface area contributed by atoms with Crippen molar-refractivity contribution in [1.82, 2.24) is 10.2 Å². The summed E-state index contributed by atoms with van der Waals surface area (Å²) >= 11 is 0. The minimum atomic E-state index is -0.497. The maximum absolute atomic E-state index is 12.3. The van der Waals surface area contributed by atoms with E-state index >= 15 is 0 Å². The van der Waals surface area contributed by atoms with Crippen LogP contribution in [0.1, 0.15) is 33.6 Å². The summed E-state index contributed by atoms with van der Waals surface area (Å²) in [6.07, 6.45) is 1.30. The van der Waals surface area contributed by atoms with E-state index < -0.39 is 11.7 Å². The topological polar surface area (TPSA) is 93.9 Å². The Morgan fingerprint density at radius 1 is 1.27 bits per heavy atom. The van der Waals surface area contributed by atoms with Crippen LogP contribution in [0.15, 0.2) is 24.3 Å². The largest absolute Gasteiger partial charge is 0.484 e. The maximum atomic E-state index is 12.3. The smallest absolute Gasteiger partial charge is 0.407 e. The summed E-state index contributed by atoms with van der Waals surface area (Å²) in [4.78, 5) is 25.8. The molecular weight excluding hydrogens is 334 g/mol. The van der Waals surface area contributed by atoms with Crippen LogP contribution in [-0.2, 0) is 9.53 Å². The van der Waals surface area contributed by atoms with Crippen molar-refractivity contribution in [3.63, 3.8) is 0 Å². The lowest BCUT2D eigenvalue weighted by atomic mass is 9.97. The minimum absolute atomic E-state index is 0.00424. The van der Waals surface area contributed by atoms with Crippen LogP contribution in [0.4, 0.5) is 10.5 Å². The van der Waals surface area contributed by atoms with E-state index in [1.165, 1.54) is 0 Å². The molecule has 0 aliphatic carbocycles. The van der Waals surface area contributed by atoms with E-state index in [0.717, 1.165) is 12.8 Å². The van der Waals surface area contributed by atoms with Crippen molar-refractivity contribution in [2.45, 2.75) is 39.2 Å². The summed E-state index contributed by atoms with van der Waals surface area (Å²) in [5.41, 5.74) is 5.80. The quantitative estimate of drug-likeness (QED) is 0.784. The SMILES string of the molecule is CC(C)(C)OC(=O)NCC1CCN(C(=O)COc2cccc(N)c2)CC1. The number of hydrogen-bond acceptors (Lipinski definition) is 5. The van der Waals surface area contributed by atoms with Gasteiger partial charge >= 0.3 is 6.09 Å². The third-order valence-corrected chi connectivity index (χ3v) is 4.12. The van der Waals surface area contributed by atoms with Gasteiger partial charge in [-0.1, -0.05) is 6.07 Å². The first-order valence-corrected chi connectivity index (χ1v) is 8.96. The summed E-state index contributed by atoms with van der Waals surface area (Å²) in [5.74, 6) is 0.905. The lowest BCUT2D eigenvalue weighted by Gasteiger charge is -2.32. The highest BCUT2D eigenvalue weighted by molar-refractivity contribution is 5.77. The van der Waals surface area contributed by atoms with Crippen molar-refractivity contribution in [3.05, 3.63) is 24.3 Å². The Labute approximate surface area is 154 Å². The molecule has 7 nitrogen and oxygen atoms in total. The number of alkyl carbamates (subject to hydrolysis) is 1. The number of carbonyl (C=O) groups excluding carboxylic acids is 2. The van der Waals surface area contributed by atoms with Crippen molar-refractivity contribution in [1.29, 1.82) is 0 Å². The Morgan fingerprint density at radius 2 is 1.96 bits per heavy atom. The molecule has 0 saturated carbocycles. The zero-order chi connectivity index (χ0) is 19.2. The van der Waals surface area contributed by atoms with E-state index in [0.29, 0.717) is 37.0 Å². The summed E-state index contributed by atoms with van der Waals surface area (Å²) in [6.45, 7) is 7.41. The Bertz CT molecular complexity index is 619. The van der Waals surface area contributed by atoms with Gasteiger partial charge in [0.05, 0.1) is 0 Å². The Hall–Kier alpha value is -2.44. The lowest BCUT2D eigenvalue weighted by molar-refractivity contribution is -0.134. The molecule has 144 valence electrons. The Morgan fingerprint density at radius 3 is 2.58 bits per heavy atom. The number of piperidine rings is 1. The van der Waals surface area contributed by atoms with Gasteiger partial charge in [-0.2, -0.15) is 0 Å². The van der Waals surface area contributed by atoms with Gasteiger partial charge in [-0.05, 0) is 51.7 Å². The van der Waals surface area contributed by atoms with E-state index in [1.807, 2.05) is 20.8 Å². The molecule has 2 rings (SSSR count). The van der Waals surface area contributed by atoms with Gasteiger partial charge in [-0.25, -0.2) is 4.79 Å². The zero-order valence-electron chi connectivity index (χ0n) is 15.8. The Kier molecular flexibility index (Phi) is 6.71. The second-order valence-corrected chi connectivity index (χ2v) is 7.57. The number of nitrogen functional groups attached to an aromatic ring is 1. The van der Waals surface area contributed by atoms with E-state index in [4.69, 9.17) is 15.2 Å². The maximum Gasteiger partial charge on any atom is 0.407 e. The van der Waals surface area contributed by atoms with Crippen molar-refractivity contribution in [3.8, 4) is 5.75 Å². The summed E-state index contributed by atoms with van der Waals surface area (Å²) in [7, 11) is 0. The Balaban J connectivity index is 1.67. The van der Waals surface area contributed by atoms with Crippen LogP contribution in [0.5, 0.6) is 5.75 Å². The number of carbonyl (C=O) groups is 2. The van der Waals surface area contributed by atoms with Crippen LogP contribution in [0.3, 0.4) is 0 Å². The second kappa shape index (κ2) is 8.78. The summed E-state index contributed by atoms with van der Waals surface area (Å²) in [6, 6.07) is 7.03. The first-order chi connectivity index (χ1) is 12.2. The highest BCUT2D eigenvalue weighted by Gasteiger charge is 2.24. The van der Waals surface area contributed by atoms with Gasteiger partial charge < -0.3 is 25.4 Å². The van der Waals surface area contributed by atoms with E-state index in [9.17, 15) is 9.59 Å². The van der Waals surface area contributed by atoms with Gasteiger partial charge in [0.15, 0.2) is 6.61 Å². The van der Waals surface area contributed by atoms with Crippen LogP contribution in [0.25, 0.3) is 0 Å². The second-order valence-electron chi connectivity index (χ2n) is 7.57. The number of likely N-dealkylation sites (tertiary alicyclic amines) is 1. The van der Waals surface area contributed by atoms with Gasteiger partial charge in [-0.15, -0.1) is 0 Å². The fourth-order valence-electron chi connectivity index (χ4n) is 2.77. The average molecular weight is 363 g/mol.